The minimum absolute atomic E-state index is 0.309. The fourth-order valence-corrected chi connectivity index (χ4v) is 2.69. The van der Waals surface area contributed by atoms with Crippen LogP contribution in [0.2, 0.25) is 0 Å². The maximum Gasteiger partial charge on any atom is 0.101 e. The summed E-state index contributed by atoms with van der Waals surface area (Å²) in [6, 6.07) is 7.99. The van der Waals surface area contributed by atoms with Gasteiger partial charge in [0.15, 0.2) is 0 Å². The Hall–Kier alpha value is -1.73. The quantitative estimate of drug-likeness (QED) is 0.797. The molecular formula is C14H19N3O. The number of para-hydroxylation sites is 1. The van der Waals surface area contributed by atoms with E-state index in [1.165, 1.54) is 0 Å². The fourth-order valence-electron chi connectivity index (χ4n) is 2.69. The number of rotatable bonds is 3. The zero-order chi connectivity index (χ0) is 13.1. The SMILES string of the molecule is CC(O)CC1CCCN1c1cccc(C#N)c1N. The average Bonchev–Trinajstić information content (AvgIpc) is 2.76. The number of hydrogen-bond acceptors (Lipinski definition) is 4. The van der Waals surface area contributed by atoms with Crippen LogP contribution in [-0.2, 0) is 0 Å². The molecule has 0 aromatic heterocycles. The maximum absolute atomic E-state index is 9.54. The van der Waals surface area contributed by atoms with Crippen LogP contribution in [0.15, 0.2) is 18.2 Å². The Morgan fingerprint density at radius 3 is 3.06 bits per heavy atom. The molecule has 1 aromatic carbocycles. The van der Waals surface area contributed by atoms with Crippen molar-refractivity contribution in [1.29, 1.82) is 5.26 Å². The largest absolute Gasteiger partial charge is 0.396 e. The highest BCUT2D eigenvalue weighted by Gasteiger charge is 2.27. The van der Waals surface area contributed by atoms with E-state index >= 15 is 0 Å². The summed E-state index contributed by atoms with van der Waals surface area (Å²) >= 11 is 0. The Morgan fingerprint density at radius 1 is 1.61 bits per heavy atom. The normalized spacial score (nSPS) is 20.7. The first-order valence-corrected chi connectivity index (χ1v) is 6.36. The van der Waals surface area contributed by atoms with Crippen molar-refractivity contribution >= 4 is 11.4 Å². The highest BCUT2D eigenvalue weighted by atomic mass is 16.3. The lowest BCUT2D eigenvalue weighted by molar-refractivity contribution is 0.175. The summed E-state index contributed by atoms with van der Waals surface area (Å²) in [5.41, 5.74) is 8.04. The Kier molecular flexibility index (Phi) is 3.73. The van der Waals surface area contributed by atoms with E-state index in [-0.39, 0.29) is 6.10 Å². The molecule has 4 nitrogen and oxygen atoms in total. The standard InChI is InChI=1S/C14H19N3O/c1-10(18)8-12-5-3-7-17(12)13-6-2-4-11(9-15)14(13)16/h2,4,6,10,12,18H,3,5,7-8,16H2,1H3. The number of hydrogen-bond donors (Lipinski definition) is 2. The average molecular weight is 245 g/mol. The minimum atomic E-state index is -0.309. The molecule has 1 fully saturated rings. The molecular weight excluding hydrogens is 226 g/mol. The Labute approximate surface area is 108 Å². The monoisotopic (exact) mass is 245 g/mol. The molecule has 0 bridgehead atoms. The van der Waals surface area contributed by atoms with Gasteiger partial charge in [0.2, 0.25) is 0 Å². The molecule has 0 radical (unpaired) electrons. The van der Waals surface area contributed by atoms with E-state index in [0.717, 1.165) is 31.5 Å². The number of benzene rings is 1. The van der Waals surface area contributed by atoms with Crippen LogP contribution in [-0.4, -0.2) is 23.8 Å². The number of anilines is 2. The van der Waals surface area contributed by atoms with Gasteiger partial charge in [0.25, 0.3) is 0 Å². The van der Waals surface area contributed by atoms with Gasteiger partial charge in [0.05, 0.1) is 23.0 Å². The molecule has 1 saturated heterocycles. The zero-order valence-electron chi connectivity index (χ0n) is 10.6. The number of nitrogens with two attached hydrogens (primary N) is 1. The van der Waals surface area contributed by atoms with Gasteiger partial charge in [-0.15, -0.1) is 0 Å². The van der Waals surface area contributed by atoms with Crippen LogP contribution in [0, 0.1) is 11.3 Å². The molecule has 1 aliphatic heterocycles. The lowest BCUT2D eigenvalue weighted by Gasteiger charge is -2.29. The lowest BCUT2D eigenvalue weighted by atomic mass is 10.1. The highest BCUT2D eigenvalue weighted by molar-refractivity contribution is 5.74. The van der Waals surface area contributed by atoms with Gasteiger partial charge in [-0.3, -0.25) is 0 Å². The van der Waals surface area contributed by atoms with Crippen molar-refractivity contribution in [3.8, 4) is 6.07 Å². The van der Waals surface area contributed by atoms with Crippen molar-refractivity contribution in [1.82, 2.24) is 0 Å². The van der Waals surface area contributed by atoms with Gasteiger partial charge >= 0.3 is 0 Å². The predicted octanol–water partition coefficient (Wildman–Crippen LogP) is 1.88. The minimum Gasteiger partial charge on any atom is -0.396 e. The van der Waals surface area contributed by atoms with E-state index in [1.54, 1.807) is 6.07 Å². The molecule has 96 valence electrons. The van der Waals surface area contributed by atoms with E-state index in [1.807, 2.05) is 19.1 Å². The van der Waals surface area contributed by atoms with Crippen LogP contribution in [0.25, 0.3) is 0 Å². The molecule has 18 heavy (non-hydrogen) atoms. The van der Waals surface area contributed by atoms with Crippen molar-refractivity contribution in [2.45, 2.75) is 38.3 Å². The van der Waals surface area contributed by atoms with Gasteiger partial charge in [-0.05, 0) is 38.3 Å². The molecule has 1 aliphatic rings. The summed E-state index contributed by atoms with van der Waals surface area (Å²) in [7, 11) is 0. The molecule has 2 rings (SSSR count). The molecule has 2 unspecified atom stereocenters. The summed E-state index contributed by atoms with van der Waals surface area (Å²) in [4.78, 5) is 2.23. The first-order chi connectivity index (χ1) is 8.63. The van der Waals surface area contributed by atoms with Crippen molar-refractivity contribution in [3.63, 3.8) is 0 Å². The smallest absolute Gasteiger partial charge is 0.101 e. The van der Waals surface area contributed by atoms with Crippen LogP contribution < -0.4 is 10.6 Å². The van der Waals surface area contributed by atoms with Crippen LogP contribution >= 0.6 is 0 Å². The van der Waals surface area contributed by atoms with E-state index in [0.29, 0.717) is 17.3 Å². The predicted molar refractivity (Wildman–Crippen MR) is 72.2 cm³/mol. The molecule has 1 heterocycles. The number of aliphatic hydroxyl groups excluding tert-OH is 1. The fraction of sp³-hybridized carbons (Fsp3) is 0.500. The number of nitrogens with zero attached hydrogens (tertiary/aromatic N) is 2. The molecule has 2 atom stereocenters. The van der Waals surface area contributed by atoms with Crippen LogP contribution in [0.5, 0.6) is 0 Å². The van der Waals surface area contributed by atoms with Crippen molar-refractivity contribution in [3.05, 3.63) is 23.8 Å². The van der Waals surface area contributed by atoms with Crippen LogP contribution in [0.4, 0.5) is 11.4 Å². The first kappa shape index (κ1) is 12.7. The van der Waals surface area contributed by atoms with Gasteiger partial charge in [0.1, 0.15) is 6.07 Å². The van der Waals surface area contributed by atoms with Gasteiger partial charge in [-0.25, -0.2) is 0 Å². The summed E-state index contributed by atoms with van der Waals surface area (Å²) in [6.45, 7) is 2.75. The van der Waals surface area contributed by atoms with E-state index in [4.69, 9.17) is 11.0 Å². The summed E-state index contributed by atoms with van der Waals surface area (Å²) in [5, 5.41) is 18.5. The van der Waals surface area contributed by atoms with Crippen molar-refractivity contribution in [2.75, 3.05) is 17.2 Å². The van der Waals surface area contributed by atoms with Crippen LogP contribution in [0.1, 0.15) is 31.7 Å². The van der Waals surface area contributed by atoms with E-state index < -0.39 is 0 Å². The van der Waals surface area contributed by atoms with Crippen molar-refractivity contribution < 1.29 is 5.11 Å². The molecule has 1 aromatic rings. The van der Waals surface area contributed by atoms with Gasteiger partial charge < -0.3 is 15.7 Å². The topological polar surface area (TPSA) is 73.3 Å². The molecule has 0 spiro atoms. The van der Waals surface area contributed by atoms with E-state index in [2.05, 4.69) is 11.0 Å². The Morgan fingerprint density at radius 2 is 2.39 bits per heavy atom. The molecule has 3 N–H and O–H groups in total. The second kappa shape index (κ2) is 5.28. The zero-order valence-corrected chi connectivity index (χ0v) is 10.6. The molecule has 0 aliphatic carbocycles. The highest BCUT2D eigenvalue weighted by Crippen LogP contribution is 2.33. The third kappa shape index (κ3) is 2.41. The van der Waals surface area contributed by atoms with Gasteiger partial charge in [-0.1, -0.05) is 6.07 Å². The Balaban J connectivity index is 2.28. The first-order valence-electron chi connectivity index (χ1n) is 6.36. The second-order valence-electron chi connectivity index (χ2n) is 4.92. The summed E-state index contributed by atoms with van der Waals surface area (Å²) < 4.78 is 0. The van der Waals surface area contributed by atoms with Gasteiger partial charge in [-0.2, -0.15) is 5.26 Å². The number of nitriles is 1. The Bertz CT molecular complexity index is 465. The number of aliphatic hydroxyl groups is 1. The lowest BCUT2D eigenvalue weighted by Crippen LogP contribution is -2.32. The maximum atomic E-state index is 9.54. The van der Waals surface area contributed by atoms with Crippen LogP contribution in [0.3, 0.4) is 0 Å². The van der Waals surface area contributed by atoms with E-state index in [9.17, 15) is 5.11 Å². The summed E-state index contributed by atoms with van der Waals surface area (Å²) in [6.07, 6.45) is 2.61. The number of nitrogen functional groups attached to an aromatic ring is 1. The third-order valence-corrected chi connectivity index (χ3v) is 3.50. The van der Waals surface area contributed by atoms with Crippen molar-refractivity contribution in [2.24, 2.45) is 0 Å². The molecule has 0 saturated carbocycles. The second-order valence-corrected chi connectivity index (χ2v) is 4.92. The molecule has 4 heteroatoms. The third-order valence-electron chi connectivity index (χ3n) is 3.50. The molecule has 0 amide bonds. The summed E-state index contributed by atoms with van der Waals surface area (Å²) in [5.74, 6) is 0. The van der Waals surface area contributed by atoms with Gasteiger partial charge in [0, 0.05) is 12.6 Å².